The molecule has 0 aliphatic rings. The van der Waals surface area contributed by atoms with Gasteiger partial charge >= 0.3 is 0 Å². The van der Waals surface area contributed by atoms with Gasteiger partial charge in [-0.2, -0.15) is 0 Å². The van der Waals surface area contributed by atoms with Crippen LogP contribution in [-0.2, 0) is 11.3 Å². The van der Waals surface area contributed by atoms with Gasteiger partial charge in [-0.1, -0.05) is 13.8 Å². The van der Waals surface area contributed by atoms with E-state index in [-0.39, 0.29) is 23.9 Å². The maximum atomic E-state index is 13.8. The molecule has 0 bridgehead atoms. The van der Waals surface area contributed by atoms with Crippen molar-refractivity contribution in [1.29, 1.82) is 0 Å². The second-order valence-electron chi connectivity index (χ2n) is 8.32. The molecule has 0 radical (unpaired) electrons. The first-order valence-corrected chi connectivity index (χ1v) is 11.3. The van der Waals surface area contributed by atoms with Crippen LogP contribution in [0.5, 0.6) is 17.4 Å². The number of aromatic nitrogens is 3. The second-order valence-corrected chi connectivity index (χ2v) is 8.32. The van der Waals surface area contributed by atoms with Crippen molar-refractivity contribution in [2.75, 3.05) is 6.61 Å². The van der Waals surface area contributed by atoms with Gasteiger partial charge in [0.2, 0.25) is 11.8 Å². The molecule has 1 unspecified atom stereocenters. The van der Waals surface area contributed by atoms with Gasteiger partial charge in [-0.25, -0.2) is 18.7 Å². The van der Waals surface area contributed by atoms with Crippen LogP contribution in [0.4, 0.5) is 8.78 Å². The van der Waals surface area contributed by atoms with E-state index in [0.29, 0.717) is 23.8 Å². The highest BCUT2D eigenvalue weighted by atomic mass is 19.2. The van der Waals surface area contributed by atoms with Gasteiger partial charge in [0.1, 0.15) is 17.5 Å². The summed E-state index contributed by atoms with van der Waals surface area (Å²) in [5.41, 5.74) is 1.43. The molecule has 2 aromatic carbocycles. The molecule has 9 heteroatoms. The Bertz CT molecular complexity index is 1320. The normalized spacial score (nSPS) is 12.1. The molecule has 0 saturated carbocycles. The summed E-state index contributed by atoms with van der Waals surface area (Å²) in [6.07, 6.45) is 3.04. The largest absolute Gasteiger partial charge is 0.494 e. The number of amides is 1. The summed E-state index contributed by atoms with van der Waals surface area (Å²) in [6.45, 7) is 6.50. The number of hydrogen-bond donors (Lipinski definition) is 1. The number of carbonyl (C=O) groups excluding carboxylic acids is 1. The number of imidazole rings is 1. The Balaban J connectivity index is 1.46. The van der Waals surface area contributed by atoms with Gasteiger partial charge in [0, 0.05) is 30.9 Å². The van der Waals surface area contributed by atoms with Crippen LogP contribution in [0.25, 0.3) is 11.0 Å². The average molecular weight is 481 g/mol. The van der Waals surface area contributed by atoms with Crippen LogP contribution in [-0.4, -0.2) is 27.0 Å². The van der Waals surface area contributed by atoms with E-state index in [0.717, 1.165) is 23.4 Å². The first-order chi connectivity index (χ1) is 16.9. The van der Waals surface area contributed by atoms with E-state index in [1.165, 1.54) is 6.33 Å². The van der Waals surface area contributed by atoms with Crippen LogP contribution in [0.15, 0.2) is 61.1 Å². The molecule has 0 fully saturated rings. The van der Waals surface area contributed by atoms with Crippen molar-refractivity contribution in [1.82, 2.24) is 19.9 Å². The lowest BCUT2D eigenvalue weighted by Crippen LogP contribution is -2.34. The monoisotopic (exact) mass is 480 g/mol. The van der Waals surface area contributed by atoms with Crippen molar-refractivity contribution in [3.05, 3.63) is 78.3 Å². The molecule has 1 N–H and O–H groups in total. The van der Waals surface area contributed by atoms with Crippen molar-refractivity contribution in [3.63, 3.8) is 0 Å². The number of benzene rings is 2. The Labute approximate surface area is 201 Å². The van der Waals surface area contributed by atoms with Crippen LogP contribution in [0.1, 0.15) is 32.4 Å². The van der Waals surface area contributed by atoms with Crippen LogP contribution in [0, 0.1) is 17.6 Å². The minimum Gasteiger partial charge on any atom is -0.494 e. The smallest absolute Gasteiger partial charge is 0.243 e. The van der Waals surface area contributed by atoms with Gasteiger partial charge in [0.15, 0.2) is 11.6 Å². The Morgan fingerprint density at radius 1 is 1.03 bits per heavy atom. The second kappa shape index (κ2) is 10.5. The Morgan fingerprint density at radius 3 is 2.46 bits per heavy atom. The lowest BCUT2D eigenvalue weighted by Gasteiger charge is -2.22. The first kappa shape index (κ1) is 24.1. The summed E-state index contributed by atoms with van der Waals surface area (Å²) < 4.78 is 40.2. The molecule has 2 heterocycles. The third kappa shape index (κ3) is 5.56. The molecule has 0 saturated heterocycles. The SMILES string of the molecule is CCOc1ccc(Oc2cc(CNC(=O)C(C(C)C)n3cnc4cc(F)c(F)cc43)ccn2)cc1. The van der Waals surface area contributed by atoms with Crippen LogP contribution in [0.2, 0.25) is 0 Å². The Morgan fingerprint density at radius 2 is 1.74 bits per heavy atom. The third-order valence-corrected chi connectivity index (χ3v) is 5.44. The predicted molar refractivity (Wildman–Crippen MR) is 127 cm³/mol. The topological polar surface area (TPSA) is 78.3 Å². The number of nitrogens with one attached hydrogen (secondary N) is 1. The molecule has 7 nitrogen and oxygen atoms in total. The van der Waals surface area contributed by atoms with Crippen molar-refractivity contribution in [2.45, 2.75) is 33.4 Å². The fraction of sp³-hybridized carbons (Fsp3) is 0.269. The summed E-state index contributed by atoms with van der Waals surface area (Å²) in [6, 6.07) is 12.2. The zero-order valence-corrected chi connectivity index (χ0v) is 19.7. The van der Waals surface area contributed by atoms with Crippen LogP contribution >= 0.6 is 0 Å². The standard InChI is InChI=1S/C26H26F2N4O3/c1-4-34-18-5-7-19(8-6-18)35-24-11-17(9-10-29-24)14-30-26(33)25(16(2)3)32-15-31-22-12-20(27)21(28)13-23(22)32/h5-13,15-16,25H,4,14H2,1-3H3,(H,30,33). The van der Waals surface area contributed by atoms with E-state index < -0.39 is 17.7 Å². The molecular weight excluding hydrogens is 454 g/mol. The number of hydrogen-bond acceptors (Lipinski definition) is 5. The molecule has 0 aliphatic heterocycles. The zero-order valence-electron chi connectivity index (χ0n) is 19.7. The van der Waals surface area contributed by atoms with Crippen molar-refractivity contribution in [3.8, 4) is 17.4 Å². The molecule has 35 heavy (non-hydrogen) atoms. The van der Waals surface area contributed by atoms with E-state index in [1.54, 1.807) is 35.0 Å². The number of fused-ring (bicyclic) bond motifs is 1. The van der Waals surface area contributed by atoms with E-state index in [4.69, 9.17) is 9.47 Å². The predicted octanol–water partition coefficient (Wildman–Crippen LogP) is 5.41. The lowest BCUT2D eigenvalue weighted by molar-refractivity contribution is -0.125. The molecule has 1 atom stereocenters. The summed E-state index contributed by atoms with van der Waals surface area (Å²) in [4.78, 5) is 21.5. The fourth-order valence-electron chi connectivity index (χ4n) is 3.80. The van der Waals surface area contributed by atoms with Crippen molar-refractivity contribution < 1.29 is 23.0 Å². The molecule has 0 aliphatic carbocycles. The molecule has 1 amide bonds. The van der Waals surface area contributed by atoms with Gasteiger partial charge in [0.25, 0.3) is 0 Å². The average Bonchev–Trinajstić information content (AvgIpc) is 3.21. The lowest BCUT2D eigenvalue weighted by atomic mass is 10.0. The Kier molecular flexibility index (Phi) is 7.24. The van der Waals surface area contributed by atoms with E-state index >= 15 is 0 Å². The molecule has 0 spiro atoms. The number of ether oxygens (including phenoxy) is 2. The number of halogens is 2. The number of rotatable bonds is 9. The maximum Gasteiger partial charge on any atom is 0.243 e. The first-order valence-electron chi connectivity index (χ1n) is 11.3. The van der Waals surface area contributed by atoms with Crippen LogP contribution in [0.3, 0.4) is 0 Å². The summed E-state index contributed by atoms with van der Waals surface area (Å²) >= 11 is 0. The molecular formula is C26H26F2N4O3. The van der Waals surface area contributed by atoms with Crippen molar-refractivity contribution >= 4 is 16.9 Å². The number of pyridine rings is 1. The Hall–Kier alpha value is -4.01. The molecule has 182 valence electrons. The molecule has 4 aromatic rings. The van der Waals surface area contributed by atoms with E-state index in [1.807, 2.05) is 32.9 Å². The highest BCUT2D eigenvalue weighted by Crippen LogP contribution is 2.26. The fourth-order valence-corrected chi connectivity index (χ4v) is 3.80. The summed E-state index contributed by atoms with van der Waals surface area (Å²) in [7, 11) is 0. The zero-order chi connectivity index (χ0) is 24.9. The maximum absolute atomic E-state index is 13.8. The van der Waals surface area contributed by atoms with Crippen molar-refractivity contribution in [2.24, 2.45) is 5.92 Å². The summed E-state index contributed by atoms with van der Waals surface area (Å²) in [5, 5.41) is 2.92. The summed E-state index contributed by atoms with van der Waals surface area (Å²) in [5.74, 6) is -0.612. The third-order valence-electron chi connectivity index (χ3n) is 5.44. The van der Waals surface area contributed by atoms with E-state index in [2.05, 4.69) is 15.3 Å². The van der Waals surface area contributed by atoms with Gasteiger partial charge in [-0.3, -0.25) is 4.79 Å². The highest BCUT2D eigenvalue weighted by molar-refractivity contribution is 5.84. The van der Waals surface area contributed by atoms with Crippen LogP contribution < -0.4 is 14.8 Å². The number of nitrogens with zero attached hydrogens (tertiary/aromatic N) is 3. The van der Waals surface area contributed by atoms with E-state index in [9.17, 15) is 13.6 Å². The quantitative estimate of drug-likeness (QED) is 0.346. The molecule has 2 aromatic heterocycles. The minimum atomic E-state index is -0.987. The minimum absolute atomic E-state index is 0.128. The van der Waals surface area contributed by atoms with Gasteiger partial charge in [0.05, 0.1) is 24.0 Å². The van der Waals surface area contributed by atoms with Gasteiger partial charge in [-0.15, -0.1) is 0 Å². The molecule has 4 rings (SSSR count). The number of carbonyl (C=O) groups is 1. The van der Waals surface area contributed by atoms with Gasteiger partial charge in [-0.05, 0) is 48.7 Å². The van der Waals surface area contributed by atoms with Gasteiger partial charge < -0.3 is 19.4 Å². The highest BCUT2D eigenvalue weighted by Gasteiger charge is 2.26.